The lowest BCUT2D eigenvalue weighted by Gasteiger charge is -2.21. The van der Waals surface area contributed by atoms with Gasteiger partial charge in [-0.05, 0) is 6.92 Å². The van der Waals surface area contributed by atoms with E-state index in [1.165, 1.54) is 0 Å². The van der Waals surface area contributed by atoms with Gasteiger partial charge in [-0.2, -0.15) is 0 Å². The van der Waals surface area contributed by atoms with E-state index in [0.29, 0.717) is 37.9 Å². The van der Waals surface area contributed by atoms with Crippen molar-refractivity contribution in [3.8, 4) is 0 Å². The number of nitrogens with zero attached hydrogens (tertiary/aromatic N) is 6. The summed E-state index contributed by atoms with van der Waals surface area (Å²) >= 11 is 0. The zero-order chi connectivity index (χ0) is 16.4. The molecule has 0 radical (unpaired) electrons. The Labute approximate surface area is 133 Å². The molecule has 0 saturated heterocycles. The van der Waals surface area contributed by atoms with Gasteiger partial charge in [0.05, 0.1) is 6.54 Å². The number of aromatic nitrogens is 5. The molecular weight excluding hydrogens is 298 g/mol. The molecule has 0 unspecified atom stereocenters. The van der Waals surface area contributed by atoms with Gasteiger partial charge >= 0.3 is 0 Å². The average molecular weight is 317 g/mol. The van der Waals surface area contributed by atoms with E-state index in [2.05, 4.69) is 25.5 Å². The molecule has 1 amide bonds. The number of ether oxygens (including phenoxy) is 1. The van der Waals surface area contributed by atoms with E-state index >= 15 is 0 Å². The summed E-state index contributed by atoms with van der Waals surface area (Å²) in [5, 5.41) is 10.9. The highest BCUT2D eigenvalue weighted by molar-refractivity contribution is 5.91. The fourth-order valence-corrected chi connectivity index (χ4v) is 2.51. The van der Waals surface area contributed by atoms with Crippen molar-refractivity contribution in [3.63, 3.8) is 0 Å². The van der Waals surface area contributed by atoms with Gasteiger partial charge in [0.15, 0.2) is 11.6 Å². The van der Waals surface area contributed by atoms with Crippen molar-refractivity contribution in [1.82, 2.24) is 30.0 Å². The molecule has 1 aliphatic rings. The summed E-state index contributed by atoms with van der Waals surface area (Å²) < 4.78 is 6.94. The number of amides is 1. The number of carbonyl (C=O) groups excluding carboxylic acids is 1. The number of methoxy groups -OCH3 is 1. The summed E-state index contributed by atoms with van der Waals surface area (Å²) in [6.07, 6.45) is 0. The number of hydrogen-bond donors (Lipinski definition) is 1. The van der Waals surface area contributed by atoms with E-state index in [-0.39, 0.29) is 5.91 Å². The smallest absolute Gasteiger partial charge is 0.289 e. The second kappa shape index (κ2) is 6.29. The molecule has 0 fully saturated rings. The maximum absolute atomic E-state index is 11.7. The standard InChI is InChI=1S/C14H19N7O2/c1-9-6-11(17-10(16-9)8-23-3)20(2)7-12-18-19-13-14(22)15-4-5-21(12)13/h6H,4-5,7-8H2,1-3H3,(H,15,22). The molecule has 0 bridgehead atoms. The maximum Gasteiger partial charge on any atom is 0.289 e. The average Bonchev–Trinajstić information content (AvgIpc) is 2.91. The molecule has 2 aromatic heterocycles. The molecule has 2 aromatic rings. The molecule has 0 atom stereocenters. The normalized spacial score (nSPS) is 13.6. The molecule has 122 valence electrons. The van der Waals surface area contributed by atoms with Crippen molar-refractivity contribution in [1.29, 1.82) is 0 Å². The predicted octanol–water partition coefficient (Wildman–Crippen LogP) is -0.0973. The second-order valence-electron chi connectivity index (χ2n) is 5.42. The van der Waals surface area contributed by atoms with Crippen LogP contribution in [0.25, 0.3) is 0 Å². The highest BCUT2D eigenvalue weighted by Crippen LogP contribution is 2.15. The summed E-state index contributed by atoms with van der Waals surface area (Å²) in [5.74, 6) is 2.33. The molecule has 23 heavy (non-hydrogen) atoms. The van der Waals surface area contributed by atoms with Gasteiger partial charge in [0.1, 0.15) is 12.4 Å². The first-order chi connectivity index (χ1) is 11.1. The summed E-state index contributed by atoms with van der Waals surface area (Å²) in [6, 6.07) is 1.90. The number of anilines is 1. The Balaban J connectivity index is 1.82. The van der Waals surface area contributed by atoms with E-state index < -0.39 is 0 Å². The van der Waals surface area contributed by atoms with Crippen LogP contribution in [0.4, 0.5) is 5.82 Å². The van der Waals surface area contributed by atoms with Crippen molar-refractivity contribution in [3.05, 3.63) is 29.2 Å². The summed E-state index contributed by atoms with van der Waals surface area (Å²) in [6.45, 7) is 4.05. The molecule has 3 heterocycles. The topological polar surface area (TPSA) is 98.1 Å². The second-order valence-corrected chi connectivity index (χ2v) is 5.42. The highest BCUT2D eigenvalue weighted by Gasteiger charge is 2.23. The minimum Gasteiger partial charge on any atom is -0.377 e. The molecule has 9 heteroatoms. The predicted molar refractivity (Wildman–Crippen MR) is 81.9 cm³/mol. The maximum atomic E-state index is 11.7. The van der Waals surface area contributed by atoms with Crippen LogP contribution in [0.15, 0.2) is 6.07 Å². The Kier molecular flexibility index (Phi) is 4.20. The van der Waals surface area contributed by atoms with Crippen molar-refractivity contribution in [2.45, 2.75) is 26.6 Å². The molecule has 3 rings (SSSR count). The minimum absolute atomic E-state index is 0.182. The van der Waals surface area contributed by atoms with Crippen LogP contribution in [-0.2, 0) is 24.4 Å². The molecule has 1 N–H and O–H groups in total. The minimum atomic E-state index is -0.182. The van der Waals surface area contributed by atoms with E-state index in [9.17, 15) is 4.79 Å². The Morgan fingerprint density at radius 1 is 1.39 bits per heavy atom. The lowest BCUT2D eigenvalue weighted by atomic mass is 10.3. The van der Waals surface area contributed by atoms with Crippen LogP contribution in [0.5, 0.6) is 0 Å². The van der Waals surface area contributed by atoms with Gasteiger partial charge in [-0.15, -0.1) is 10.2 Å². The number of hydrogen-bond acceptors (Lipinski definition) is 7. The summed E-state index contributed by atoms with van der Waals surface area (Å²) in [7, 11) is 3.53. The van der Waals surface area contributed by atoms with Crippen LogP contribution in [0, 0.1) is 6.92 Å². The third-order valence-corrected chi connectivity index (χ3v) is 3.58. The van der Waals surface area contributed by atoms with Crippen molar-refractivity contribution < 1.29 is 9.53 Å². The van der Waals surface area contributed by atoms with Crippen LogP contribution >= 0.6 is 0 Å². The number of rotatable bonds is 5. The van der Waals surface area contributed by atoms with Crippen molar-refractivity contribution in [2.75, 3.05) is 25.6 Å². The van der Waals surface area contributed by atoms with Gasteiger partial charge in [-0.1, -0.05) is 0 Å². The number of aryl methyl sites for hydroxylation is 1. The van der Waals surface area contributed by atoms with Crippen LogP contribution < -0.4 is 10.2 Å². The van der Waals surface area contributed by atoms with Crippen LogP contribution in [0.2, 0.25) is 0 Å². The Morgan fingerprint density at radius 3 is 3.00 bits per heavy atom. The van der Waals surface area contributed by atoms with Gasteiger partial charge in [0.2, 0.25) is 5.82 Å². The molecule has 0 saturated carbocycles. The first-order valence-electron chi connectivity index (χ1n) is 7.33. The van der Waals surface area contributed by atoms with E-state index in [0.717, 1.165) is 17.3 Å². The third-order valence-electron chi connectivity index (χ3n) is 3.58. The largest absolute Gasteiger partial charge is 0.377 e. The zero-order valence-corrected chi connectivity index (χ0v) is 13.4. The van der Waals surface area contributed by atoms with Gasteiger partial charge in [0, 0.05) is 39.0 Å². The molecule has 9 nitrogen and oxygen atoms in total. The quantitative estimate of drug-likeness (QED) is 0.822. The van der Waals surface area contributed by atoms with Crippen molar-refractivity contribution >= 4 is 11.7 Å². The molecule has 0 aliphatic carbocycles. The van der Waals surface area contributed by atoms with Gasteiger partial charge < -0.3 is 19.5 Å². The van der Waals surface area contributed by atoms with E-state index in [4.69, 9.17) is 4.74 Å². The van der Waals surface area contributed by atoms with Crippen LogP contribution in [-0.4, -0.2) is 51.3 Å². The molecule has 0 spiro atoms. The fourth-order valence-electron chi connectivity index (χ4n) is 2.51. The molecular formula is C14H19N7O2. The molecule has 1 aliphatic heterocycles. The van der Waals surface area contributed by atoms with Gasteiger partial charge in [0.25, 0.3) is 5.91 Å². The Hall–Kier alpha value is -2.55. The molecule has 0 aromatic carbocycles. The van der Waals surface area contributed by atoms with Gasteiger partial charge in [-0.3, -0.25) is 4.79 Å². The summed E-state index contributed by atoms with van der Waals surface area (Å²) in [4.78, 5) is 22.5. The zero-order valence-electron chi connectivity index (χ0n) is 13.4. The number of fused-ring (bicyclic) bond motifs is 1. The number of carbonyl (C=O) groups is 1. The third kappa shape index (κ3) is 3.14. The SMILES string of the molecule is COCc1nc(C)cc(N(C)Cc2nnc3n2CCNC3=O)n1. The van der Waals surface area contributed by atoms with Gasteiger partial charge in [-0.25, -0.2) is 9.97 Å². The van der Waals surface area contributed by atoms with Crippen LogP contribution in [0.1, 0.15) is 28.0 Å². The number of nitrogens with one attached hydrogen (secondary N) is 1. The first kappa shape index (κ1) is 15.3. The van der Waals surface area contributed by atoms with Crippen molar-refractivity contribution in [2.24, 2.45) is 0 Å². The Bertz CT molecular complexity index is 728. The fraction of sp³-hybridized carbons (Fsp3) is 0.500. The monoisotopic (exact) mass is 317 g/mol. The lowest BCUT2D eigenvalue weighted by molar-refractivity contribution is 0.0921. The highest BCUT2D eigenvalue weighted by atomic mass is 16.5. The van der Waals surface area contributed by atoms with E-state index in [1.54, 1.807) is 7.11 Å². The first-order valence-corrected chi connectivity index (χ1v) is 7.33. The van der Waals surface area contributed by atoms with Crippen LogP contribution in [0.3, 0.4) is 0 Å². The Morgan fingerprint density at radius 2 is 2.22 bits per heavy atom. The lowest BCUT2D eigenvalue weighted by Crippen LogP contribution is -2.36. The summed E-state index contributed by atoms with van der Waals surface area (Å²) in [5.41, 5.74) is 0.872. The van der Waals surface area contributed by atoms with E-state index in [1.807, 2.05) is 29.5 Å².